The average Bonchev–Trinajstić information content (AvgIpc) is 2.93. The van der Waals surface area contributed by atoms with Crippen LogP contribution in [-0.4, -0.2) is 29.2 Å². The van der Waals surface area contributed by atoms with Crippen LogP contribution >= 0.6 is 19.4 Å². The highest BCUT2D eigenvalue weighted by molar-refractivity contribution is 7.99. The minimum Gasteiger partial charge on any atom is -0.305 e. The van der Waals surface area contributed by atoms with Crippen LogP contribution in [0.1, 0.15) is 20.8 Å². The third kappa shape index (κ3) is 3.63. The molecule has 0 bridgehead atoms. The van der Waals surface area contributed by atoms with Crippen molar-refractivity contribution in [3.8, 4) is 11.3 Å². The van der Waals surface area contributed by atoms with Gasteiger partial charge < -0.3 is 9.05 Å². The van der Waals surface area contributed by atoms with Gasteiger partial charge in [0, 0.05) is 5.56 Å². The molecule has 7 heteroatoms. The van der Waals surface area contributed by atoms with Crippen molar-refractivity contribution in [1.29, 1.82) is 0 Å². The molecule has 0 atom stereocenters. The van der Waals surface area contributed by atoms with Gasteiger partial charge in [0.25, 0.3) is 0 Å². The summed E-state index contributed by atoms with van der Waals surface area (Å²) < 4.78 is 24.3. The van der Waals surface area contributed by atoms with Gasteiger partial charge in [0.15, 0.2) is 0 Å². The number of nitrogens with zero attached hydrogens (tertiary/aromatic N) is 1. The lowest BCUT2D eigenvalue weighted by Crippen LogP contribution is -2.14. The maximum Gasteiger partial charge on any atom is 0.366 e. The van der Waals surface area contributed by atoms with Gasteiger partial charge in [-0.25, -0.2) is 0 Å². The molecule has 120 valence electrons. The van der Waals surface area contributed by atoms with Crippen LogP contribution in [-0.2, 0) is 13.6 Å². The highest BCUT2D eigenvalue weighted by atomic mass is 32.2. The molecule has 0 unspecified atom stereocenters. The third-order valence-electron chi connectivity index (χ3n) is 2.92. The summed E-state index contributed by atoms with van der Waals surface area (Å²) in [6.45, 7) is 6.26. The summed E-state index contributed by atoms with van der Waals surface area (Å²) in [5, 5.41) is 8.52. The molecule has 5 nitrogen and oxygen atoms in total. The van der Waals surface area contributed by atoms with Gasteiger partial charge in [0.1, 0.15) is 10.3 Å². The predicted octanol–water partition coefficient (Wildman–Crippen LogP) is 4.08. The molecule has 1 aromatic carbocycles. The first-order valence-corrected chi connectivity index (χ1v) is 9.85. The van der Waals surface area contributed by atoms with E-state index in [1.807, 2.05) is 37.3 Å². The van der Waals surface area contributed by atoms with E-state index in [1.165, 1.54) is 11.8 Å². The molecule has 1 heterocycles. The first-order chi connectivity index (χ1) is 10.7. The Balaban J connectivity index is 2.59. The van der Waals surface area contributed by atoms with Gasteiger partial charge in [-0.05, 0) is 19.6 Å². The van der Waals surface area contributed by atoms with E-state index < -0.39 is 7.60 Å². The Morgan fingerprint density at radius 3 is 2.32 bits per heavy atom. The van der Waals surface area contributed by atoms with Crippen molar-refractivity contribution in [1.82, 2.24) is 10.2 Å². The van der Waals surface area contributed by atoms with E-state index in [0.29, 0.717) is 29.2 Å². The maximum absolute atomic E-state index is 13.2. The number of thioether (sulfide) groups is 1. The van der Waals surface area contributed by atoms with E-state index in [2.05, 4.69) is 10.2 Å². The third-order valence-corrected chi connectivity index (χ3v) is 6.11. The highest BCUT2D eigenvalue weighted by Crippen LogP contribution is 2.51. The van der Waals surface area contributed by atoms with Crippen molar-refractivity contribution < 1.29 is 13.6 Å². The van der Waals surface area contributed by atoms with E-state index >= 15 is 0 Å². The van der Waals surface area contributed by atoms with Crippen molar-refractivity contribution in [2.75, 3.05) is 19.0 Å². The Hall–Kier alpha value is -1.07. The molecule has 0 aliphatic rings. The summed E-state index contributed by atoms with van der Waals surface area (Å²) in [5.41, 5.74) is 1.61. The molecule has 2 rings (SSSR count). The second-order valence-electron chi connectivity index (χ2n) is 4.38. The van der Waals surface area contributed by atoms with Gasteiger partial charge >= 0.3 is 7.60 Å². The lowest BCUT2D eigenvalue weighted by Gasteiger charge is -2.18. The molecular formula is C15H21N2O3PS. The van der Waals surface area contributed by atoms with E-state index in [0.717, 1.165) is 11.3 Å². The zero-order chi connectivity index (χ0) is 16.0. The monoisotopic (exact) mass is 340 g/mol. The highest BCUT2D eigenvalue weighted by Gasteiger charge is 2.35. The molecule has 2 aromatic rings. The van der Waals surface area contributed by atoms with Crippen LogP contribution in [0.5, 0.6) is 0 Å². The van der Waals surface area contributed by atoms with Gasteiger partial charge in [-0.1, -0.05) is 37.3 Å². The normalized spacial score (nSPS) is 11.8. The Labute approximate surface area is 135 Å². The van der Waals surface area contributed by atoms with E-state index in [4.69, 9.17) is 9.05 Å². The molecule has 1 aromatic heterocycles. The number of benzene rings is 1. The molecule has 0 spiro atoms. The van der Waals surface area contributed by atoms with E-state index in [1.54, 1.807) is 13.8 Å². The van der Waals surface area contributed by atoms with Gasteiger partial charge in [-0.2, -0.15) is 5.10 Å². The summed E-state index contributed by atoms with van der Waals surface area (Å²) >= 11 is 1.52. The van der Waals surface area contributed by atoms with Crippen LogP contribution in [0.25, 0.3) is 11.3 Å². The molecule has 0 aliphatic heterocycles. The average molecular weight is 340 g/mol. The van der Waals surface area contributed by atoms with Crippen LogP contribution in [0.15, 0.2) is 35.4 Å². The molecule has 0 saturated heterocycles. The Morgan fingerprint density at radius 2 is 1.77 bits per heavy atom. The number of nitrogens with one attached hydrogen (secondary N) is 1. The first-order valence-electron chi connectivity index (χ1n) is 7.32. The number of aromatic amines is 1. The van der Waals surface area contributed by atoms with Gasteiger partial charge in [0.2, 0.25) is 0 Å². The summed E-state index contributed by atoms with van der Waals surface area (Å²) in [4.78, 5) is 0. The quantitative estimate of drug-likeness (QED) is 0.579. The summed E-state index contributed by atoms with van der Waals surface area (Å²) in [7, 11) is -3.41. The molecule has 0 fully saturated rings. The first kappa shape index (κ1) is 17.3. The molecule has 0 amide bonds. The topological polar surface area (TPSA) is 64.2 Å². The molecule has 22 heavy (non-hydrogen) atoms. The fourth-order valence-electron chi connectivity index (χ4n) is 2.12. The van der Waals surface area contributed by atoms with Crippen LogP contribution in [0.3, 0.4) is 0 Å². The summed E-state index contributed by atoms with van der Waals surface area (Å²) in [6.07, 6.45) is 0. The molecule has 0 radical (unpaired) electrons. The zero-order valence-corrected chi connectivity index (χ0v) is 14.7. The Kier molecular flexibility index (Phi) is 6.26. The molecule has 1 N–H and O–H groups in total. The molecule has 0 aliphatic carbocycles. The standard InChI is InChI=1S/C15H21N2O3PS/c1-4-19-21(18,20-5-2)14-13(12-10-8-7-9-11-12)16-17-15(14)22-6-3/h7-11H,4-6H2,1-3H3,(H,16,17). The minimum absolute atomic E-state index is 0.312. The van der Waals surface area contributed by atoms with Crippen LogP contribution < -0.4 is 5.30 Å². The largest absolute Gasteiger partial charge is 0.366 e. The number of aromatic nitrogens is 2. The number of hydrogen-bond donors (Lipinski definition) is 1. The fraction of sp³-hybridized carbons (Fsp3) is 0.400. The summed E-state index contributed by atoms with van der Waals surface area (Å²) in [5.74, 6) is 0.824. The second-order valence-corrected chi connectivity index (χ2v) is 7.60. The van der Waals surface area contributed by atoms with E-state index in [9.17, 15) is 4.57 Å². The van der Waals surface area contributed by atoms with Crippen molar-refractivity contribution in [2.24, 2.45) is 0 Å². The fourth-order valence-corrected chi connectivity index (χ4v) is 5.02. The second kappa shape index (κ2) is 7.97. The molecule has 0 saturated carbocycles. The van der Waals surface area contributed by atoms with Gasteiger partial charge in [-0.3, -0.25) is 9.66 Å². The number of hydrogen-bond acceptors (Lipinski definition) is 5. The predicted molar refractivity (Wildman–Crippen MR) is 90.9 cm³/mol. The van der Waals surface area contributed by atoms with E-state index in [-0.39, 0.29) is 0 Å². The van der Waals surface area contributed by atoms with Crippen molar-refractivity contribution in [3.05, 3.63) is 30.3 Å². The summed E-state index contributed by atoms with van der Waals surface area (Å²) in [6, 6.07) is 9.68. The lowest BCUT2D eigenvalue weighted by atomic mass is 10.2. The Morgan fingerprint density at radius 1 is 1.14 bits per heavy atom. The van der Waals surface area contributed by atoms with Crippen LogP contribution in [0.2, 0.25) is 0 Å². The van der Waals surface area contributed by atoms with Crippen LogP contribution in [0.4, 0.5) is 0 Å². The maximum atomic E-state index is 13.2. The molecular weight excluding hydrogens is 319 g/mol. The van der Waals surface area contributed by atoms with Crippen molar-refractivity contribution in [2.45, 2.75) is 25.8 Å². The van der Waals surface area contributed by atoms with Crippen molar-refractivity contribution >= 4 is 24.7 Å². The Bertz CT molecular complexity index is 635. The number of rotatable bonds is 8. The zero-order valence-electron chi connectivity index (χ0n) is 13.0. The van der Waals surface area contributed by atoms with Crippen molar-refractivity contribution in [3.63, 3.8) is 0 Å². The van der Waals surface area contributed by atoms with Gasteiger partial charge in [0.05, 0.1) is 18.9 Å². The SMILES string of the molecule is CCOP(=O)(OCC)c1c(SCC)n[nH]c1-c1ccccc1. The van der Waals surface area contributed by atoms with Gasteiger partial charge in [-0.15, -0.1) is 11.8 Å². The number of H-pyrrole nitrogens is 1. The van der Waals surface area contributed by atoms with Crippen LogP contribution in [0, 0.1) is 0 Å². The smallest absolute Gasteiger partial charge is 0.305 e. The lowest BCUT2D eigenvalue weighted by molar-refractivity contribution is 0.229. The minimum atomic E-state index is -3.41.